The normalized spacial score (nSPS) is 26.9. The molecule has 16 heavy (non-hydrogen) atoms. The van der Waals surface area contributed by atoms with Crippen LogP contribution in [0.4, 0.5) is 0 Å². The molecule has 1 fully saturated rings. The Morgan fingerprint density at radius 2 is 2.06 bits per heavy atom. The number of likely N-dealkylation sites (tertiary alicyclic amines) is 1. The molecule has 1 saturated heterocycles. The van der Waals surface area contributed by atoms with Crippen LogP contribution in [0.1, 0.15) is 18.4 Å². The van der Waals surface area contributed by atoms with E-state index in [0.717, 1.165) is 13.0 Å². The Morgan fingerprint density at radius 3 is 2.75 bits per heavy atom. The summed E-state index contributed by atoms with van der Waals surface area (Å²) in [5.41, 5.74) is 7.31. The summed E-state index contributed by atoms with van der Waals surface area (Å²) in [6.45, 7) is 2.04. The minimum Gasteiger partial charge on any atom is -0.330 e. The van der Waals surface area contributed by atoms with Crippen LogP contribution in [0.2, 0.25) is 0 Å². The maximum atomic E-state index is 5.88. The van der Waals surface area contributed by atoms with Crippen LogP contribution in [0.15, 0.2) is 30.3 Å². The predicted molar refractivity (Wildman–Crippen MR) is 68.3 cm³/mol. The molecule has 0 radical (unpaired) electrons. The van der Waals surface area contributed by atoms with E-state index in [1.165, 1.54) is 24.9 Å². The third kappa shape index (κ3) is 2.63. The smallest absolute Gasteiger partial charge is 0.0173 e. The Kier molecular flexibility index (Phi) is 3.97. The highest BCUT2D eigenvalue weighted by molar-refractivity contribution is 5.16. The second kappa shape index (κ2) is 5.46. The highest BCUT2D eigenvalue weighted by Gasteiger charge is 2.27. The minimum atomic E-state index is 0.626. The van der Waals surface area contributed by atoms with E-state index in [2.05, 4.69) is 42.3 Å². The quantitative estimate of drug-likeness (QED) is 0.839. The molecule has 0 bridgehead atoms. The first-order chi connectivity index (χ1) is 7.81. The second-order valence-corrected chi connectivity index (χ2v) is 4.88. The summed E-state index contributed by atoms with van der Waals surface area (Å²) in [6.07, 6.45) is 3.72. The van der Waals surface area contributed by atoms with Gasteiger partial charge in [0, 0.05) is 6.04 Å². The standard InChI is InChI=1S/C14H22N2/c1-16-9-5-8-13(11-15)14(16)10-12-6-3-2-4-7-12/h2-4,6-7,13-14H,5,8-11,15H2,1H3/t13-,14-/m0/s1. The van der Waals surface area contributed by atoms with E-state index < -0.39 is 0 Å². The first-order valence-electron chi connectivity index (χ1n) is 6.25. The molecule has 2 heteroatoms. The second-order valence-electron chi connectivity index (χ2n) is 4.88. The van der Waals surface area contributed by atoms with Gasteiger partial charge in [-0.25, -0.2) is 0 Å². The van der Waals surface area contributed by atoms with Gasteiger partial charge >= 0.3 is 0 Å². The molecular weight excluding hydrogens is 196 g/mol. The van der Waals surface area contributed by atoms with E-state index in [1.807, 2.05) is 0 Å². The molecule has 2 rings (SSSR count). The van der Waals surface area contributed by atoms with Crippen molar-refractivity contribution in [3.63, 3.8) is 0 Å². The van der Waals surface area contributed by atoms with E-state index in [1.54, 1.807) is 0 Å². The Bertz CT molecular complexity index is 310. The highest BCUT2D eigenvalue weighted by atomic mass is 15.1. The van der Waals surface area contributed by atoms with Crippen LogP contribution in [0.5, 0.6) is 0 Å². The predicted octanol–water partition coefficient (Wildman–Crippen LogP) is 1.90. The van der Waals surface area contributed by atoms with Crippen molar-refractivity contribution in [1.82, 2.24) is 4.90 Å². The molecule has 2 N–H and O–H groups in total. The molecule has 1 aliphatic rings. The molecule has 1 heterocycles. The third-order valence-electron chi connectivity index (χ3n) is 3.79. The first kappa shape index (κ1) is 11.6. The van der Waals surface area contributed by atoms with Gasteiger partial charge in [-0.1, -0.05) is 30.3 Å². The van der Waals surface area contributed by atoms with Crippen LogP contribution in [-0.2, 0) is 6.42 Å². The summed E-state index contributed by atoms with van der Waals surface area (Å²) in [6, 6.07) is 11.4. The van der Waals surface area contributed by atoms with Gasteiger partial charge in [0.2, 0.25) is 0 Å². The zero-order valence-electron chi connectivity index (χ0n) is 10.1. The average molecular weight is 218 g/mol. The number of likely N-dealkylation sites (N-methyl/N-ethyl adjacent to an activating group) is 1. The Hall–Kier alpha value is -0.860. The lowest BCUT2D eigenvalue weighted by molar-refractivity contribution is 0.124. The van der Waals surface area contributed by atoms with Crippen molar-refractivity contribution in [3.8, 4) is 0 Å². The maximum absolute atomic E-state index is 5.88. The molecule has 0 spiro atoms. The largest absolute Gasteiger partial charge is 0.330 e. The van der Waals surface area contributed by atoms with Crippen molar-refractivity contribution in [3.05, 3.63) is 35.9 Å². The summed E-state index contributed by atoms with van der Waals surface area (Å²) in [4.78, 5) is 2.48. The summed E-state index contributed by atoms with van der Waals surface area (Å²) in [7, 11) is 2.23. The average Bonchev–Trinajstić information content (AvgIpc) is 2.33. The SMILES string of the molecule is CN1CCC[C@@H](CN)[C@@H]1Cc1ccccc1. The van der Waals surface area contributed by atoms with Crippen LogP contribution >= 0.6 is 0 Å². The number of rotatable bonds is 3. The van der Waals surface area contributed by atoms with Gasteiger partial charge in [-0.15, -0.1) is 0 Å². The summed E-state index contributed by atoms with van der Waals surface area (Å²) in [5, 5.41) is 0. The number of nitrogens with zero attached hydrogens (tertiary/aromatic N) is 1. The van der Waals surface area contributed by atoms with Crippen molar-refractivity contribution >= 4 is 0 Å². The van der Waals surface area contributed by atoms with Crippen molar-refractivity contribution in [2.75, 3.05) is 20.1 Å². The molecule has 2 atom stereocenters. The van der Waals surface area contributed by atoms with Gasteiger partial charge in [0.15, 0.2) is 0 Å². The monoisotopic (exact) mass is 218 g/mol. The fourth-order valence-electron chi connectivity index (χ4n) is 2.77. The van der Waals surface area contributed by atoms with E-state index in [-0.39, 0.29) is 0 Å². The number of hydrogen-bond acceptors (Lipinski definition) is 2. The third-order valence-corrected chi connectivity index (χ3v) is 3.79. The van der Waals surface area contributed by atoms with Crippen molar-refractivity contribution in [2.45, 2.75) is 25.3 Å². The van der Waals surface area contributed by atoms with Crippen LogP contribution in [-0.4, -0.2) is 31.1 Å². The van der Waals surface area contributed by atoms with Gasteiger partial charge in [0.25, 0.3) is 0 Å². The number of benzene rings is 1. The lowest BCUT2D eigenvalue weighted by Gasteiger charge is -2.39. The lowest BCUT2D eigenvalue weighted by Crippen LogP contribution is -2.46. The molecular formula is C14H22N2. The number of nitrogens with two attached hydrogens (primary N) is 1. The Labute approximate surface area is 98.4 Å². The molecule has 2 nitrogen and oxygen atoms in total. The van der Waals surface area contributed by atoms with E-state index in [4.69, 9.17) is 5.73 Å². The Morgan fingerprint density at radius 1 is 1.31 bits per heavy atom. The van der Waals surface area contributed by atoms with Crippen molar-refractivity contribution in [2.24, 2.45) is 11.7 Å². The van der Waals surface area contributed by atoms with Gasteiger partial charge in [-0.2, -0.15) is 0 Å². The number of hydrogen-bond donors (Lipinski definition) is 1. The maximum Gasteiger partial charge on any atom is 0.0173 e. The summed E-state index contributed by atoms with van der Waals surface area (Å²) >= 11 is 0. The first-order valence-corrected chi connectivity index (χ1v) is 6.25. The van der Waals surface area contributed by atoms with Gasteiger partial charge in [-0.05, 0) is 50.9 Å². The zero-order valence-corrected chi connectivity index (χ0v) is 10.1. The van der Waals surface area contributed by atoms with E-state index in [9.17, 15) is 0 Å². The molecule has 1 aromatic rings. The van der Waals surface area contributed by atoms with E-state index in [0.29, 0.717) is 12.0 Å². The van der Waals surface area contributed by atoms with Gasteiger partial charge in [0.1, 0.15) is 0 Å². The molecule has 0 amide bonds. The topological polar surface area (TPSA) is 29.3 Å². The highest BCUT2D eigenvalue weighted by Crippen LogP contribution is 2.24. The molecule has 0 saturated carbocycles. The summed E-state index contributed by atoms with van der Waals surface area (Å²) < 4.78 is 0. The molecule has 0 aliphatic carbocycles. The van der Waals surface area contributed by atoms with Gasteiger partial charge in [-0.3, -0.25) is 0 Å². The fourth-order valence-corrected chi connectivity index (χ4v) is 2.77. The van der Waals surface area contributed by atoms with Crippen molar-refractivity contribution < 1.29 is 0 Å². The molecule has 0 aromatic heterocycles. The molecule has 88 valence electrons. The van der Waals surface area contributed by atoms with Crippen molar-refractivity contribution in [1.29, 1.82) is 0 Å². The molecule has 1 aliphatic heterocycles. The van der Waals surface area contributed by atoms with Crippen LogP contribution < -0.4 is 5.73 Å². The zero-order chi connectivity index (χ0) is 11.4. The summed E-state index contributed by atoms with van der Waals surface area (Å²) in [5.74, 6) is 0.666. The Balaban J connectivity index is 2.05. The lowest BCUT2D eigenvalue weighted by atomic mass is 9.86. The van der Waals surface area contributed by atoms with Gasteiger partial charge in [0.05, 0.1) is 0 Å². The fraction of sp³-hybridized carbons (Fsp3) is 0.571. The van der Waals surface area contributed by atoms with Crippen LogP contribution in [0, 0.1) is 5.92 Å². The van der Waals surface area contributed by atoms with Crippen LogP contribution in [0.25, 0.3) is 0 Å². The van der Waals surface area contributed by atoms with Gasteiger partial charge < -0.3 is 10.6 Å². The molecule has 0 unspecified atom stereocenters. The molecule has 1 aromatic carbocycles. The minimum absolute atomic E-state index is 0.626. The van der Waals surface area contributed by atoms with E-state index >= 15 is 0 Å². The van der Waals surface area contributed by atoms with Crippen LogP contribution in [0.3, 0.4) is 0 Å². The number of piperidine rings is 1.